The third-order valence-electron chi connectivity index (χ3n) is 14.4. The Morgan fingerprint density at radius 2 is 0.667 bits per heavy atom. The average Bonchev–Trinajstić information content (AvgIpc) is 4.20. The molecule has 11 aromatic carbocycles. The van der Waals surface area contributed by atoms with Crippen molar-refractivity contribution in [2.24, 2.45) is 0 Å². The first-order chi connectivity index (χ1) is 35.7. The molecule has 0 aliphatic heterocycles. The number of rotatable bonds is 8. The summed E-state index contributed by atoms with van der Waals surface area (Å²) in [5.74, 6) is 0. The molecule has 338 valence electrons. The maximum Gasteiger partial charge on any atom is 0.145 e. The van der Waals surface area contributed by atoms with Gasteiger partial charge in [0.25, 0.3) is 0 Å². The van der Waals surface area contributed by atoms with Crippen molar-refractivity contribution >= 4 is 122 Å². The summed E-state index contributed by atoms with van der Waals surface area (Å²) >= 11 is 0. The van der Waals surface area contributed by atoms with Crippen LogP contribution in [0.5, 0.6) is 0 Å². The van der Waals surface area contributed by atoms with Crippen molar-refractivity contribution in [3.05, 3.63) is 255 Å². The summed E-state index contributed by atoms with van der Waals surface area (Å²) in [7, 11) is 0. The van der Waals surface area contributed by atoms with Crippen LogP contribution in [0.4, 0.5) is 34.1 Å². The second-order valence-corrected chi connectivity index (χ2v) is 18.5. The van der Waals surface area contributed by atoms with Gasteiger partial charge >= 0.3 is 0 Å². The molecule has 0 saturated carbocycles. The predicted molar refractivity (Wildman–Crippen MR) is 299 cm³/mol. The summed E-state index contributed by atoms with van der Waals surface area (Å²) in [6.45, 7) is 0. The van der Waals surface area contributed by atoms with E-state index in [1.165, 1.54) is 0 Å². The molecule has 0 saturated heterocycles. The van der Waals surface area contributed by atoms with Crippen LogP contribution in [-0.2, 0) is 0 Å². The van der Waals surface area contributed by atoms with Crippen LogP contribution in [-0.4, -0.2) is 9.13 Å². The highest BCUT2D eigenvalue weighted by Crippen LogP contribution is 2.47. The van der Waals surface area contributed by atoms with E-state index in [0.29, 0.717) is 0 Å². The number of aromatic nitrogens is 2. The highest BCUT2D eigenvalue weighted by Gasteiger charge is 2.25. The second-order valence-electron chi connectivity index (χ2n) is 18.5. The molecule has 6 heteroatoms. The van der Waals surface area contributed by atoms with E-state index < -0.39 is 0 Å². The van der Waals surface area contributed by atoms with Gasteiger partial charge in [0.15, 0.2) is 0 Å². The van der Waals surface area contributed by atoms with Crippen molar-refractivity contribution in [3.8, 4) is 11.4 Å². The van der Waals surface area contributed by atoms with Gasteiger partial charge < -0.3 is 27.8 Å². The van der Waals surface area contributed by atoms with Crippen LogP contribution in [0.3, 0.4) is 0 Å². The number of fused-ring (bicyclic) bond motifs is 14. The molecule has 0 aliphatic rings. The van der Waals surface area contributed by atoms with Crippen molar-refractivity contribution in [1.82, 2.24) is 9.13 Å². The minimum Gasteiger partial charge on any atom is -0.456 e. The molecule has 0 bridgehead atoms. The maximum atomic E-state index is 7.41. The van der Waals surface area contributed by atoms with Gasteiger partial charge in [0.1, 0.15) is 22.3 Å². The van der Waals surface area contributed by atoms with Crippen molar-refractivity contribution in [1.29, 1.82) is 0 Å². The van der Waals surface area contributed by atoms with E-state index in [9.17, 15) is 0 Å². The van der Waals surface area contributed by atoms with Gasteiger partial charge in [-0.3, -0.25) is 0 Å². The Morgan fingerprint density at radius 3 is 1.17 bits per heavy atom. The lowest BCUT2D eigenvalue weighted by Crippen LogP contribution is -2.14. The van der Waals surface area contributed by atoms with Crippen molar-refractivity contribution < 1.29 is 8.83 Å². The second kappa shape index (κ2) is 15.9. The van der Waals surface area contributed by atoms with Crippen LogP contribution in [0.2, 0.25) is 0 Å². The fourth-order valence-electron chi connectivity index (χ4n) is 11.4. The number of benzene rings is 11. The first kappa shape index (κ1) is 40.1. The Labute approximate surface area is 413 Å². The number of hydrogen-bond acceptors (Lipinski definition) is 4. The van der Waals surface area contributed by atoms with E-state index in [1.54, 1.807) is 0 Å². The number of para-hydroxylation sites is 7. The van der Waals surface area contributed by atoms with Gasteiger partial charge in [-0.05, 0) is 127 Å². The van der Waals surface area contributed by atoms with Gasteiger partial charge in [-0.15, -0.1) is 0 Å². The fourth-order valence-corrected chi connectivity index (χ4v) is 11.4. The Balaban J connectivity index is 0.995. The Morgan fingerprint density at radius 1 is 0.250 bits per heavy atom. The minimum absolute atomic E-state index is 0.870. The molecule has 0 amide bonds. The average molecular weight is 923 g/mol. The summed E-state index contributed by atoms with van der Waals surface area (Å²) in [5.41, 5.74) is 16.2. The molecule has 0 N–H and O–H groups in total. The van der Waals surface area contributed by atoms with Crippen LogP contribution >= 0.6 is 0 Å². The smallest absolute Gasteiger partial charge is 0.145 e. The van der Waals surface area contributed by atoms with Gasteiger partial charge in [0, 0.05) is 60.8 Å². The number of hydrogen-bond donors (Lipinski definition) is 0. The van der Waals surface area contributed by atoms with Gasteiger partial charge in [-0.1, -0.05) is 127 Å². The summed E-state index contributed by atoms with van der Waals surface area (Å²) in [4.78, 5) is 4.70. The molecule has 4 aromatic heterocycles. The normalized spacial score (nSPS) is 11.9. The van der Waals surface area contributed by atoms with Gasteiger partial charge in [-0.25, -0.2) is 0 Å². The van der Waals surface area contributed by atoms with Crippen molar-refractivity contribution in [3.63, 3.8) is 0 Å². The lowest BCUT2D eigenvalue weighted by molar-refractivity contribution is 0.669. The van der Waals surface area contributed by atoms with Crippen LogP contribution in [0, 0.1) is 0 Å². The molecule has 0 aliphatic carbocycles. The van der Waals surface area contributed by atoms with Crippen LogP contribution in [0.15, 0.2) is 264 Å². The molecule has 0 spiro atoms. The third-order valence-corrected chi connectivity index (χ3v) is 14.4. The molecule has 72 heavy (non-hydrogen) atoms. The van der Waals surface area contributed by atoms with E-state index in [2.05, 4.69) is 262 Å². The van der Waals surface area contributed by atoms with Gasteiger partial charge in [-0.2, -0.15) is 0 Å². The number of furan rings is 2. The van der Waals surface area contributed by atoms with Crippen molar-refractivity contribution in [2.45, 2.75) is 0 Å². The van der Waals surface area contributed by atoms with E-state index in [1.807, 2.05) is 12.1 Å². The van der Waals surface area contributed by atoms with E-state index in [-0.39, 0.29) is 0 Å². The van der Waals surface area contributed by atoms with Crippen molar-refractivity contribution in [2.75, 3.05) is 9.80 Å². The molecule has 0 unspecified atom stereocenters. The zero-order chi connectivity index (χ0) is 47.3. The summed E-state index contributed by atoms with van der Waals surface area (Å²) in [5, 5.41) is 8.79. The van der Waals surface area contributed by atoms with E-state index in [4.69, 9.17) is 8.83 Å². The molecular formula is C66H42N4O2. The largest absolute Gasteiger partial charge is 0.456 e. The monoisotopic (exact) mass is 922 g/mol. The Bertz CT molecular complexity index is 4390. The number of anilines is 6. The zero-order valence-electron chi connectivity index (χ0n) is 38.9. The lowest BCUT2D eigenvalue weighted by atomic mass is 10.1. The topological polar surface area (TPSA) is 42.6 Å². The van der Waals surface area contributed by atoms with E-state index >= 15 is 0 Å². The fraction of sp³-hybridized carbons (Fsp3) is 0. The molecule has 6 nitrogen and oxygen atoms in total. The quantitative estimate of drug-likeness (QED) is 0.152. The Kier molecular flexibility index (Phi) is 8.86. The third kappa shape index (κ3) is 6.09. The van der Waals surface area contributed by atoms with Crippen LogP contribution in [0.25, 0.3) is 98.9 Å². The molecule has 0 atom stereocenters. The molecular weight excluding hydrogens is 881 g/mol. The first-order valence-corrected chi connectivity index (χ1v) is 24.4. The molecule has 15 rings (SSSR count). The Hall–Kier alpha value is -9.78. The SMILES string of the molecule is c1ccc(N(c2ccccc2)c2cc(N(c3ccccc3)c3ccccc3)cc(-n3c4ccccc4c4c5oc6c(ccc7c6c6ccccc6n7-c6ccc7oc8ccccc8c7c6)c5ccc43)c2)cc1. The molecule has 4 heterocycles. The molecule has 15 aromatic rings. The highest BCUT2D eigenvalue weighted by atomic mass is 16.3. The summed E-state index contributed by atoms with van der Waals surface area (Å²) in [6, 6.07) is 90.8. The minimum atomic E-state index is 0.870. The van der Waals surface area contributed by atoms with Gasteiger partial charge in [0.2, 0.25) is 0 Å². The van der Waals surface area contributed by atoms with E-state index in [0.717, 1.165) is 133 Å². The van der Waals surface area contributed by atoms with Crippen LogP contribution in [0.1, 0.15) is 0 Å². The number of nitrogens with zero attached hydrogens (tertiary/aromatic N) is 4. The highest BCUT2D eigenvalue weighted by molar-refractivity contribution is 6.29. The summed E-state index contributed by atoms with van der Waals surface area (Å²) < 4.78 is 18.5. The molecule has 0 fully saturated rings. The first-order valence-electron chi connectivity index (χ1n) is 24.4. The lowest BCUT2D eigenvalue weighted by Gasteiger charge is -2.30. The zero-order valence-corrected chi connectivity index (χ0v) is 38.9. The van der Waals surface area contributed by atoms with Crippen LogP contribution < -0.4 is 9.80 Å². The predicted octanol–water partition coefficient (Wildman–Crippen LogP) is 18.6. The standard InChI is InChI=1S/C66H42N4O2/c1-5-19-43(20-6-1)67(44-21-7-2-8-22-44)48-39-49(68(45-23-9-3-10-24-45)46-25-11-4-12-26-46)41-50(40-48)70-58-31-17-14-29-55(58)64-60(70)37-35-53-52-34-36-59-63(65(52)72-66(53)64)54-28-13-16-30-57(54)69(59)47-33-38-62-56(42-47)51-27-15-18-32-61(51)71-62/h1-42H. The summed E-state index contributed by atoms with van der Waals surface area (Å²) in [6.07, 6.45) is 0. The molecule has 0 radical (unpaired) electrons. The maximum absolute atomic E-state index is 7.41. The van der Waals surface area contributed by atoms with Gasteiger partial charge in [0.05, 0.1) is 49.9 Å².